The van der Waals surface area contributed by atoms with Crippen LogP contribution < -0.4 is 5.32 Å². The number of sulfonamides is 1. The van der Waals surface area contributed by atoms with Crippen LogP contribution in [0.4, 0.5) is 0 Å². The lowest BCUT2D eigenvalue weighted by atomic mass is 9.98. The Morgan fingerprint density at radius 2 is 1.87 bits per heavy atom. The lowest BCUT2D eigenvalue weighted by Crippen LogP contribution is -2.45. The Balaban J connectivity index is 1.64. The number of carbonyl (C=O) groups excluding carboxylic acids is 1. The first-order chi connectivity index (χ1) is 10.9. The molecule has 2 heterocycles. The van der Waals surface area contributed by atoms with Gasteiger partial charge in [0.2, 0.25) is 15.9 Å². The van der Waals surface area contributed by atoms with Gasteiger partial charge in [-0.15, -0.1) is 0 Å². The summed E-state index contributed by atoms with van der Waals surface area (Å²) in [5, 5.41) is 2.99. The highest BCUT2D eigenvalue weighted by Crippen LogP contribution is 2.19. The fourth-order valence-corrected chi connectivity index (χ4v) is 4.31. The van der Waals surface area contributed by atoms with Crippen LogP contribution in [0, 0.1) is 11.8 Å². The van der Waals surface area contributed by atoms with Crippen molar-refractivity contribution in [2.75, 3.05) is 45.5 Å². The van der Waals surface area contributed by atoms with E-state index in [1.807, 2.05) is 0 Å². The molecule has 7 heteroatoms. The number of hydrogen-bond donors (Lipinski definition) is 1. The van der Waals surface area contributed by atoms with Gasteiger partial charge in [0.05, 0.1) is 12.2 Å². The van der Waals surface area contributed by atoms with E-state index in [0.29, 0.717) is 19.6 Å². The minimum Gasteiger partial charge on any atom is -0.356 e. The van der Waals surface area contributed by atoms with Crippen LogP contribution in [0.3, 0.4) is 0 Å². The number of likely N-dealkylation sites (tertiary alicyclic amines) is 1. The summed E-state index contributed by atoms with van der Waals surface area (Å²) in [6.07, 6.45) is 6.26. The smallest absolute Gasteiger partial charge is 0.224 e. The molecular formula is C16H31N3O3S. The first-order valence-corrected chi connectivity index (χ1v) is 10.7. The first kappa shape index (κ1) is 18.7. The molecular weight excluding hydrogens is 314 g/mol. The lowest BCUT2D eigenvalue weighted by molar-refractivity contribution is -0.126. The molecule has 0 radical (unpaired) electrons. The molecule has 2 rings (SSSR count). The number of rotatable bonds is 6. The summed E-state index contributed by atoms with van der Waals surface area (Å²) in [6, 6.07) is 0. The molecule has 0 aromatic carbocycles. The van der Waals surface area contributed by atoms with Crippen LogP contribution in [0.1, 0.15) is 39.0 Å². The third-order valence-corrected chi connectivity index (χ3v) is 6.32. The van der Waals surface area contributed by atoms with Crippen molar-refractivity contribution >= 4 is 15.9 Å². The molecule has 23 heavy (non-hydrogen) atoms. The van der Waals surface area contributed by atoms with Gasteiger partial charge in [-0.25, -0.2) is 12.7 Å². The largest absolute Gasteiger partial charge is 0.356 e. The van der Waals surface area contributed by atoms with E-state index in [1.165, 1.54) is 36.5 Å². The van der Waals surface area contributed by atoms with Crippen molar-refractivity contribution in [3.8, 4) is 0 Å². The van der Waals surface area contributed by atoms with E-state index in [0.717, 1.165) is 31.7 Å². The number of hydrogen-bond acceptors (Lipinski definition) is 4. The first-order valence-electron chi connectivity index (χ1n) is 8.81. The average molecular weight is 346 g/mol. The van der Waals surface area contributed by atoms with Crippen LogP contribution in [0.5, 0.6) is 0 Å². The van der Waals surface area contributed by atoms with Crippen molar-refractivity contribution in [3.05, 3.63) is 0 Å². The molecule has 134 valence electrons. The Labute approximate surface area is 140 Å². The van der Waals surface area contributed by atoms with Gasteiger partial charge in [0.15, 0.2) is 0 Å². The Bertz CT molecular complexity index is 487. The van der Waals surface area contributed by atoms with Crippen LogP contribution in [0.2, 0.25) is 0 Å². The fraction of sp³-hybridized carbons (Fsp3) is 0.938. The second-order valence-electron chi connectivity index (χ2n) is 7.13. The SMILES string of the molecule is CC1CCN(CCCNC(=O)[C@H]2CCCN(S(C)(=O)=O)C2)CC1. The summed E-state index contributed by atoms with van der Waals surface area (Å²) in [6.45, 7) is 7.22. The van der Waals surface area contributed by atoms with Gasteiger partial charge in [-0.05, 0) is 57.7 Å². The molecule has 2 fully saturated rings. The van der Waals surface area contributed by atoms with Gasteiger partial charge in [0.1, 0.15) is 0 Å². The number of carbonyl (C=O) groups is 1. The molecule has 1 atom stereocenters. The Morgan fingerprint density at radius 1 is 1.17 bits per heavy atom. The van der Waals surface area contributed by atoms with Crippen LogP contribution >= 0.6 is 0 Å². The van der Waals surface area contributed by atoms with E-state index in [9.17, 15) is 13.2 Å². The van der Waals surface area contributed by atoms with E-state index in [4.69, 9.17) is 0 Å². The third kappa shape index (κ3) is 6.04. The molecule has 2 aliphatic heterocycles. The molecule has 0 saturated carbocycles. The van der Waals surface area contributed by atoms with E-state index in [1.54, 1.807) is 0 Å². The third-order valence-electron chi connectivity index (χ3n) is 5.05. The highest BCUT2D eigenvalue weighted by atomic mass is 32.2. The van der Waals surface area contributed by atoms with Crippen molar-refractivity contribution in [3.63, 3.8) is 0 Å². The highest BCUT2D eigenvalue weighted by Gasteiger charge is 2.29. The zero-order valence-corrected chi connectivity index (χ0v) is 15.3. The van der Waals surface area contributed by atoms with Gasteiger partial charge >= 0.3 is 0 Å². The second-order valence-corrected chi connectivity index (χ2v) is 9.11. The number of amides is 1. The summed E-state index contributed by atoms with van der Waals surface area (Å²) >= 11 is 0. The maximum Gasteiger partial charge on any atom is 0.224 e. The fourth-order valence-electron chi connectivity index (χ4n) is 3.40. The summed E-state index contributed by atoms with van der Waals surface area (Å²) in [5.74, 6) is 0.648. The number of nitrogens with zero attached hydrogens (tertiary/aromatic N) is 2. The lowest BCUT2D eigenvalue weighted by Gasteiger charge is -2.31. The molecule has 0 aliphatic carbocycles. The van der Waals surface area contributed by atoms with Gasteiger partial charge in [-0.1, -0.05) is 6.92 Å². The van der Waals surface area contributed by atoms with Crippen molar-refractivity contribution in [2.24, 2.45) is 11.8 Å². The van der Waals surface area contributed by atoms with Crippen LogP contribution in [-0.2, 0) is 14.8 Å². The van der Waals surface area contributed by atoms with Crippen LogP contribution in [0.15, 0.2) is 0 Å². The maximum absolute atomic E-state index is 12.2. The molecule has 1 amide bonds. The Kier molecular flexibility index (Phi) is 6.85. The molecule has 0 spiro atoms. The maximum atomic E-state index is 12.2. The molecule has 0 bridgehead atoms. The minimum atomic E-state index is -3.19. The monoisotopic (exact) mass is 345 g/mol. The van der Waals surface area contributed by atoms with Crippen molar-refractivity contribution < 1.29 is 13.2 Å². The number of nitrogens with one attached hydrogen (secondary N) is 1. The topological polar surface area (TPSA) is 69.7 Å². The molecule has 6 nitrogen and oxygen atoms in total. The summed E-state index contributed by atoms with van der Waals surface area (Å²) < 4.78 is 24.6. The molecule has 2 aliphatic rings. The van der Waals surface area contributed by atoms with Crippen LogP contribution in [0.25, 0.3) is 0 Å². The highest BCUT2D eigenvalue weighted by molar-refractivity contribution is 7.88. The minimum absolute atomic E-state index is 0.00520. The predicted molar refractivity (Wildman–Crippen MR) is 91.6 cm³/mol. The summed E-state index contributed by atoms with van der Waals surface area (Å²) in [5.41, 5.74) is 0. The Morgan fingerprint density at radius 3 is 2.52 bits per heavy atom. The zero-order valence-electron chi connectivity index (χ0n) is 14.5. The van der Waals surface area contributed by atoms with Gasteiger partial charge < -0.3 is 10.2 Å². The quantitative estimate of drug-likeness (QED) is 0.726. The van der Waals surface area contributed by atoms with Crippen LogP contribution in [-0.4, -0.2) is 69.1 Å². The summed E-state index contributed by atoms with van der Waals surface area (Å²) in [7, 11) is -3.19. The molecule has 1 N–H and O–H groups in total. The van der Waals surface area contributed by atoms with E-state index in [-0.39, 0.29) is 11.8 Å². The van der Waals surface area contributed by atoms with Crippen molar-refractivity contribution in [2.45, 2.75) is 39.0 Å². The molecule has 0 aromatic rings. The van der Waals surface area contributed by atoms with Crippen molar-refractivity contribution in [1.82, 2.24) is 14.5 Å². The Hall–Kier alpha value is -0.660. The zero-order chi connectivity index (χ0) is 16.9. The van der Waals surface area contributed by atoms with E-state index in [2.05, 4.69) is 17.1 Å². The number of piperidine rings is 2. The van der Waals surface area contributed by atoms with E-state index < -0.39 is 10.0 Å². The molecule has 0 unspecified atom stereocenters. The predicted octanol–water partition coefficient (Wildman–Crippen LogP) is 0.896. The molecule has 0 aromatic heterocycles. The van der Waals surface area contributed by atoms with Crippen molar-refractivity contribution in [1.29, 1.82) is 0 Å². The van der Waals surface area contributed by atoms with Gasteiger partial charge in [0, 0.05) is 19.6 Å². The van der Waals surface area contributed by atoms with Gasteiger partial charge in [-0.2, -0.15) is 0 Å². The second kappa shape index (κ2) is 8.44. The molecule has 2 saturated heterocycles. The standard InChI is InChI=1S/C16H31N3O3S/c1-14-6-11-18(12-7-14)9-4-8-17-16(20)15-5-3-10-19(13-15)23(2,21)22/h14-15H,3-13H2,1-2H3,(H,17,20)/t15-/m0/s1. The summed E-state index contributed by atoms with van der Waals surface area (Å²) in [4.78, 5) is 14.7. The average Bonchev–Trinajstić information content (AvgIpc) is 2.52. The van der Waals surface area contributed by atoms with Gasteiger partial charge in [0.25, 0.3) is 0 Å². The van der Waals surface area contributed by atoms with E-state index >= 15 is 0 Å². The van der Waals surface area contributed by atoms with Gasteiger partial charge in [-0.3, -0.25) is 4.79 Å². The normalized spacial score (nSPS) is 25.4.